The van der Waals surface area contributed by atoms with Gasteiger partial charge in [-0.3, -0.25) is 4.79 Å². The zero-order valence-corrected chi connectivity index (χ0v) is 12.8. The van der Waals surface area contributed by atoms with Crippen LogP contribution in [-0.4, -0.2) is 5.78 Å². The number of carbonyl (C=O) groups excluding carboxylic acids is 1. The van der Waals surface area contributed by atoms with E-state index < -0.39 is 0 Å². The quantitative estimate of drug-likeness (QED) is 0.472. The van der Waals surface area contributed by atoms with Crippen LogP contribution in [0.1, 0.15) is 24.8 Å². The Morgan fingerprint density at radius 1 is 0.864 bits per heavy atom. The third-order valence-electron chi connectivity index (χ3n) is 2.59. The summed E-state index contributed by atoms with van der Waals surface area (Å²) >= 11 is 0. The first-order valence-corrected chi connectivity index (χ1v) is 5.93. The monoisotopic (exact) mass is 338 g/mol. The van der Waals surface area contributed by atoms with Gasteiger partial charge in [0, 0.05) is 29.4 Å². The molecule has 1 aromatic rings. The summed E-state index contributed by atoms with van der Waals surface area (Å²) < 4.78 is 22.5. The van der Waals surface area contributed by atoms with Gasteiger partial charge >= 0.3 is 33.9 Å². The topological polar surface area (TPSA) is 76.8 Å². The minimum atomic E-state index is 0. The van der Waals surface area contributed by atoms with Crippen molar-refractivity contribution < 1.29 is 35.8 Å². The van der Waals surface area contributed by atoms with Crippen molar-refractivity contribution in [2.45, 2.75) is 19.3 Å². The molecule has 22 heavy (non-hydrogen) atoms. The maximum Gasteiger partial charge on any atom is 0 e. The Balaban J connectivity index is -0.000000463. The largest absolute Gasteiger partial charge is 0 e. The number of rotatable bonds is 4. The van der Waals surface area contributed by atoms with E-state index in [0.29, 0.717) is 5.78 Å². The van der Waals surface area contributed by atoms with E-state index in [1.54, 1.807) is 0 Å². The van der Waals surface area contributed by atoms with Crippen molar-refractivity contribution in [2.24, 2.45) is 0 Å². The van der Waals surface area contributed by atoms with Crippen LogP contribution in [0.25, 0.3) is 0 Å². The molecule has 5 heteroatoms. The summed E-state index contributed by atoms with van der Waals surface area (Å²) in [6.45, 7) is 13.5. The average Bonchev–Trinajstić information content (AvgIpc) is 2.99. The Morgan fingerprint density at radius 2 is 1.41 bits per heavy atom. The molecule has 1 aliphatic carbocycles. The van der Waals surface area contributed by atoms with E-state index in [1.807, 2.05) is 49.6 Å². The van der Waals surface area contributed by atoms with E-state index in [0.717, 1.165) is 25.2 Å². The van der Waals surface area contributed by atoms with E-state index in [9.17, 15) is 4.79 Å². The minimum Gasteiger partial charge on any atom is 0 e. The molecule has 4 radical (unpaired) electrons. The molecule has 0 bridgehead atoms. The van der Waals surface area contributed by atoms with Crippen molar-refractivity contribution in [3.05, 3.63) is 81.0 Å². The van der Waals surface area contributed by atoms with Gasteiger partial charge in [0.05, 0.1) is 0 Å². The maximum absolute atomic E-state index is 11.3. The number of Topliss-reactive ketones (excluding diaryl/α,β-unsaturated/α-hetero) is 1. The molecule has 0 saturated heterocycles. The molecule has 4 nitrogen and oxygen atoms in total. The van der Waals surface area contributed by atoms with E-state index >= 15 is 0 Å². The molecule has 0 aliphatic heterocycles. The molecule has 0 spiro atoms. The van der Waals surface area contributed by atoms with Gasteiger partial charge < -0.3 is 0 Å². The van der Waals surface area contributed by atoms with Gasteiger partial charge in [0.1, 0.15) is 5.78 Å². The number of benzene rings is 1. The molecule has 1 aromatic carbocycles. The smallest absolute Gasteiger partial charge is 0 e. The standard InChI is InChI=1S/C14H14O.3CO.Fe/c15-14-11-5-10-13(14)9-4-8-12-6-2-1-3-7-12;3*1-2;/h1-4,6-9H,5,10-11H2;;;;. The summed E-state index contributed by atoms with van der Waals surface area (Å²) in [7, 11) is 0. The SMILES string of the molecule is O=C1CCC[C]1[CH][CH][CH]c1ccccc1.[C-]#[O+].[C-]#[O+].[C-]#[O+].[Fe]. The van der Waals surface area contributed by atoms with Crippen molar-refractivity contribution in [3.8, 4) is 0 Å². The summed E-state index contributed by atoms with van der Waals surface area (Å²) in [4.78, 5) is 11.3. The van der Waals surface area contributed by atoms with Crippen LogP contribution >= 0.6 is 0 Å². The molecule has 0 amide bonds. The summed E-state index contributed by atoms with van der Waals surface area (Å²) in [5.41, 5.74) is 1.17. The van der Waals surface area contributed by atoms with Crippen molar-refractivity contribution in [2.75, 3.05) is 0 Å². The molecular weight excluding hydrogens is 324 g/mol. The molecule has 0 atom stereocenters. The van der Waals surface area contributed by atoms with Crippen molar-refractivity contribution in [1.29, 1.82) is 0 Å². The molecule has 0 N–H and O–H groups in total. The Labute approximate surface area is 142 Å². The molecule has 114 valence electrons. The molecule has 0 heterocycles. The van der Waals surface area contributed by atoms with Crippen LogP contribution in [-0.2, 0) is 35.8 Å². The molecule has 0 aromatic heterocycles. The van der Waals surface area contributed by atoms with Crippen molar-refractivity contribution in [3.63, 3.8) is 0 Å². The van der Waals surface area contributed by atoms with Crippen LogP contribution in [0.15, 0.2) is 30.3 Å². The van der Waals surface area contributed by atoms with Crippen LogP contribution in [0.5, 0.6) is 0 Å². The van der Waals surface area contributed by atoms with Crippen LogP contribution in [0.3, 0.4) is 0 Å². The van der Waals surface area contributed by atoms with Gasteiger partial charge in [0.25, 0.3) is 0 Å². The molecule has 2 rings (SSSR count). The second-order valence-corrected chi connectivity index (χ2v) is 3.74. The van der Waals surface area contributed by atoms with Gasteiger partial charge in [-0.2, -0.15) is 0 Å². The number of hydrogen-bond acceptors (Lipinski definition) is 1. The molecule has 1 saturated carbocycles. The molecule has 1 fully saturated rings. The maximum atomic E-state index is 11.3. The summed E-state index contributed by atoms with van der Waals surface area (Å²) in [6, 6.07) is 10.1. The Kier molecular flexibility index (Phi) is 22.8. The Morgan fingerprint density at radius 3 is 1.86 bits per heavy atom. The zero-order valence-electron chi connectivity index (χ0n) is 11.7. The first-order chi connectivity index (χ1) is 10.4. The van der Waals surface area contributed by atoms with E-state index in [4.69, 9.17) is 14.0 Å². The van der Waals surface area contributed by atoms with E-state index in [1.165, 1.54) is 5.56 Å². The Bertz CT molecular complexity index is 423. The fraction of sp³-hybridized carbons (Fsp3) is 0.176. The van der Waals surface area contributed by atoms with Gasteiger partial charge in [0.2, 0.25) is 0 Å². The van der Waals surface area contributed by atoms with Crippen molar-refractivity contribution in [1.82, 2.24) is 0 Å². The average molecular weight is 338 g/mol. The predicted molar refractivity (Wildman–Crippen MR) is 72.3 cm³/mol. The third-order valence-corrected chi connectivity index (χ3v) is 2.59. The van der Waals surface area contributed by atoms with E-state index in [-0.39, 0.29) is 17.1 Å². The van der Waals surface area contributed by atoms with Crippen molar-refractivity contribution >= 4 is 5.78 Å². The third kappa shape index (κ3) is 11.3. The summed E-state index contributed by atoms with van der Waals surface area (Å²) in [5.74, 6) is 1.29. The second-order valence-electron chi connectivity index (χ2n) is 3.74. The molecule has 1 aliphatic rings. The zero-order chi connectivity index (χ0) is 16.5. The minimum absolute atomic E-state index is 0. The first kappa shape index (κ1) is 25.6. The number of hydrogen-bond donors (Lipinski definition) is 0. The summed E-state index contributed by atoms with van der Waals surface area (Å²) in [6.07, 6.45) is 8.63. The van der Waals surface area contributed by atoms with Gasteiger partial charge in [-0.1, -0.05) is 30.3 Å². The van der Waals surface area contributed by atoms with Gasteiger partial charge in [-0.05, 0) is 37.7 Å². The van der Waals surface area contributed by atoms with Crippen LogP contribution in [0.4, 0.5) is 0 Å². The van der Waals surface area contributed by atoms with E-state index in [2.05, 4.69) is 20.0 Å². The molecular formula is C17H14FeO4. The fourth-order valence-electron chi connectivity index (χ4n) is 1.76. The van der Waals surface area contributed by atoms with Crippen LogP contribution < -0.4 is 0 Å². The normalized spacial score (nSPS) is 12.0. The number of carbonyl (C=O) groups is 1. The van der Waals surface area contributed by atoms with Crippen LogP contribution in [0.2, 0.25) is 0 Å². The van der Waals surface area contributed by atoms with Gasteiger partial charge in [0.15, 0.2) is 0 Å². The van der Waals surface area contributed by atoms with Crippen LogP contribution in [0, 0.1) is 45.1 Å². The number of ketones is 1. The molecule has 0 unspecified atom stereocenters. The second kappa shape index (κ2) is 19.6. The van der Waals surface area contributed by atoms with Gasteiger partial charge in [-0.15, -0.1) is 0 Å². The van der Waals surface area contributed by atoms with Gasteiger partial charge in [-0.25, -0.2) is 0 Å². The summed E-state index contributed by atoms with van der Waals surface area (Å²) in [5, 5.41) is 0. The predicted octanol–water partition coefficient (Wildman–Crippen LogP) is 2.86. The first-order valence-electron chi connectivity index (χ1n) is 5.93. The fourth-order valence-corrected chi connectivity index (χ4v) is 1.76. The Hall–Kier alpha value is -1.37.